The highest BCUT2D eigenvalue weighted by Crippen LogP contribution is 2.28. The first-order chi connectivity index (χ1) is 8.27. The van der Waals surface area contributed by atoms with Crippen LogP contribution in [0.25, 0.3) is 0 Å². The molecule has 0 heterocycles. The van der Waals surface area contributed by atoms with E-state index in [4.69, 9.17) is 0 Å². The van der Waals surface area contributed by atoms with Gasteiger partial charge in [-0.1, -0.05) is 31.2 Å². The molecule has 1 N–H and O–H groups in total. The SMILES string of the molecule is C[C@H](CSc1ccccc1)[C@@H](O)C1=CCCC1. The molecule has 0 aliphatic heterocycles. The van der Waals surface area contributed by atoms with Gasteiger partial charge in [-0.15, -0.1) is 11.8 Å². The summed E-state index contributed by atoms with van der Waals surface area (Å²) in [5.74, 6) is 1.30. The summed E-state index contributed by atoms with van der Waals surface area (Å²) in [4.78, 5) is 1.28. The van der Waals surface area contributed by atoms with Crippen molar-refractivity contribution in [2.24, 2.45) is 5.92 Å². The fraction of sp³-hybridized carbons (Fsp3) is 0.467. The predicted molar refractivity (Wildman–Crippen MR) is 74.3 cm³/mol. The molecule has 0 amide bonds. The van der Waals surface area contributed by atoms with Crippen LogP contribution in [0.1, 0.15) is 26.2 Å². The molecule has 0 saturated carbocycles. The van der Waals surface area contributed by atoms with E-state index in [2.05, 4.69) is 37.3 Å². The molecule has 0 bridgehead atoms. The second-order valence-electron chi connectivity index (χ2n) is 4.72. The van der Waals surface area contributed by atoms with Crippen molar-refractivity contribution in [2.45, 2.75) is 37.2 Å². The zero-order chi connectivity index (χ0) is 12.1. The van der Waals surface area contributed by atoms with E-state index in [9.17, 15) is 5.11 Å². The fourth-order valence-electron chi connectivity index (χ4n) is 2.17. The number of aliphatic hydroxyl groups excluding tert-OH is 1. The minimum atomic E-state index is -0.242. The third-order valence-corrected chi connectivity index (χ3v) is 4.55. The summed E-state index contributed by atoms with van der Waals surface area (Å²) >= 11 is 1.83. The third kappa shape index (κ3) is 3.62. The second-order valence-corrected chi connectivity index (χ2v) is 5.81. The van der Waals surface area contributed by atoms with Crippen molar-refractivity contribution in [1.29, 1.82) is 0 Å². The first kappa shape index (κ1) is 12.7. The summed E-state index contributed by atoms with van der Waals surface area (Å²) in [6.45, 7) is 2.14. The van der Waals surface area contributed by atoms with Crippen molar-refractivity contribution in [2.75, 3.05) is 5.75 Å². The number of benzene rings is 1. The summed E-state index contributed by atoms with van der Waals surface area (Å²) in [6.07, 6.45) is 5.42. The van der Waals surface area contributed by atoms with Crippen LogP contribution >= 0.6 is 11.8 Å². The van der Waals surface area contributed by atoms with Gasteiger partial charge in [-0.2, -0.15) is 0 Å². The topological polar surface area (TPSA) is 20.2 Å². The van der Waals surface area contributed by atoms with Crippen molar-refractivity contribution in [1.82, 2.24) is 0 Å². The summed E-state index contributed by atoms with van der Waals surface area (Å²) in [6, 6.07) is 10.4. The van der Waals surface area contributed by atoms with Crippen LogP contribution < -0.4 is 0 Å². The predicted octanol–water partition coefficient (Wildman–Crippen LogP) is 3.89. The standard InChI is InChI=1S/C15H20OS/c1-12(15(16)13-7-5-6-8-13)11-17-14-9-3-2-4-10-14/h2-4,7,9-10,12,15-16H,5-6,8,11H2,1H3/t12-,15-/m1/s1. The molecule has 2 rings (SSSR count). The van der Waals surface area contributed by atoms with Crippen molar-refractivity contribution in [3.05, 3.63) is 42.0 Å². The van der Waals surface area contributed by atoms with Crippen LogP contribution in [0.2, 0.25) is 0 Å². The van der Waals surface area contributed by atoms with E-state index < -0.39 is 0 Å². The highest BCUT2D eigenvalue weighted by atomic mass is 32.2. The molecule has 0 saturated heterocycles. The molecule has 0 unspecified atom stereocenters. The average Bonchev–Trinajstić information content (AvgIpc) is 2.90. The highest BCUT2D eigenvalue weighted by molar-refractivity contribution is 7.99. The van der Waals surface area contributed by atoms with Gasteiger partial charge in [0.25, 0.3) is 0 Å². The van der Waals surface area contributed by atoms with Crippen molar-refractivity contribution < 1.29 is 5.11 Å². The zero-order valence-corrected chi connectivity index (χ0v) is 11.1. The van der Waals surface area contributed by atoms with Gasteiger partial charge in [0.2, 0.25) is 0 Å². The summed E-state index contributed by atoms with van der Waals surface area (Å²) in [5, 5.41) is 10.2. The van der Waals surface area contributed by atoms with E-state index in [1.807, 2.05) is 17.8 Å². The lowest BCUT2D eigenvalue weighted by atomic mass is 9.99. The lowest BCUT2D eigenvalue weighted by molar-refractivity contribution is 0.160. The fourth-order valence-corrected chi connectivity index (χ4v) is 3.15. The number of aliphatic hydroxyl groups is 1. The lowest BCUT2D eigenvalue weighted by Crippen LogP contribution is -2.21. The summed E-state index contributed by atoms with van der Waals surface area (Å²) < 4.78 is 0. The van der Waals surface area contributed by atoms with Gasteiger partial charge in [0.05, 0.1) is 6.10 Å². The molecule has 17 heavy (non-hydrogen) atoms. The molecule has 1 aliphatic rings. The maximum Gasteiger partial charge on any atom is 0.0783 e. The Bertz CT molecular complexity index is 372. The first-order valence-electron chi connectivity index (χ1n) is 6.32. The molecule has 92 valence electrons. The Morgan fingerprint density at radius 3 is 2.71 bits per heavy atom. The van der Waals surface area contributed by atoms with Gasteiger partial charge in [-0.05, 0) is 42.9 Å². The van der Waals surface area contributed by atoms with Crippen LogP contribution in [0, 0.1) is 5.92 Å². The van der Waals surface area contributed by atoms with E-state index >= 15 is 0 Å². The quantitative estimate of drug-likeness (QED) is 0.630. The Kier molecular flexibility index (Phi) is 4.69. The van der Waals surface area contributed by atoms with Crippen LogP contribution in [0.15, 0.2) is 46.9 Å². The van der Waals surface area contributed by atoms with Crippen molar-refractivity contribution in [3.63, 3.8) is 0 Å². The van der Waals surface area contributed by atoms with Gasteiger partial charge >= 0.3 is 0 Å². The normalized spacial score (nSPS) is 18.8. The number of thioether (sulfide) groups is 1. The summed E-state index contributed by atoms with van der Waals surface area (Å²) in [5.41, 5.74) is 1.26. The monoisotopic (exact) mass is 248 g/mol. The van der Waals surface area contributed by atoms with Gasteiger partial charge in [-0.3, -0.25) is 0 Å². The molecule has 1 aromatic carbocycles. The van der Waals surface area contributed by atoms with E-state index in [1.54, 1.807) is 0 Å². The molecular formula is C15H20OS. The lowest BCUT2D eigenvalue weighted by Gasteiger charge is -2.19. The maximum atomic E-state index is 10.2. The van der Waals surface area contributed by atoms with E-state index in [0.29, 0.717) is 5.92 Å². The molecule has 1 aliphatic carbocycles. The Labute approximate surface area is 108 Å². The Balaban J connectivity index is 1.82. The maximum absolute atomic E-state index is 10.2. The third-order valence-electron chi connectivity index (χ3n) is 3.25. The van der Waals surface area contributed by atoms with Gasteiger partial charge in [0.1, 0.15) is 0 Å². The first-order valence-corrected chi connectivity index (χ1v) is 7.31. The highest BCUT2D eigenvalue weighted by Gasteiger charge is 2.20. The van der Waals surface area contributed by atoms with E-state index in [0.717, 1.165) is 18.6 Å². The van der Waals surface area contributed by atoms with Crippen molar-refractivity contribution in [3.8, 4) is 0 Å². The van der Waals surface area contributed by atoms with Gasteiger partial charge < -0.3 is 5.11 Å². The van der Waals surface area contributed by atoms with Gasteiger partial charge in [0.15, 0.2) is 0 Å². The molecule has 2 heteroatoms. The minimum Gasteiger partial charge on any atom is -0.388 e. The number of allylic oxidation sites excluding steroid dienone is 1. The number of hydrogen-bond acceptors (Lipinski definition) is 2. The summed E-state index contributed by atoms with van der Waals surface area (Å²) in [7, 11) is 0. The number of hydrogen-bond donors (Lipinski definition) is 1. The van der Waals surface area contributed by atoms with Gasteiger partial charge in [0, 0.05) is 10.6 Å². The minimum absolute atomic E-state index is 0.242. The molecule has 2 atom stereocenters. The molecule has 1 aromatic rings. The van der Waals surface area contributed by atoms with Crippen LogP contribution in [0.3, 0.4) is 0 Å². The smallest absolute Gasteiger partial charge is 0.0783 e. The number of rotatable bonds is 5. The van der Waals surface area contributed by atoms with Gasteiger partial charge in [-0.25, -0.2) is 0 Å². The molecular weight excluding hydrogens is 228 g/mol. The van der Waals surface area contributed by atoms with Crippen LogP contribution in [0.5, 0.6) is 0 Å². The Morgan fingerprint density at radius 1 is 1.29 bits per heavy atom. The molecule has 1 nitrogen and oxygen atoms in total. The molecule has 0 aromatic heterocycles. The van der Waals surface area contributed by atoms with Crippen molar-refractivity contribution >= 4 is 11.8 Å². The van der Waals surface area contributed by atoms with E-state index in [1.165, 1.54) is 16.9 Å². The van der Waals surface area contributed by atoms with E-state index in [-0.39, 0.29) is 6.10 Å². The zero-order valence-electron chi connectivity index (χ0n) is 10.3. The average molecular weight is 248 g/mol. The Morgan fingerprint density at radius 2 is 2.06 bits per heavy atom. The molecule has 0 fully saturated rings. The van der Waals surface area contributed by atoms with Crippen LogP contribution in [0.4, 0.5) is 0 Å². The molecule has 0 radical (unpaired) electrons. The second kappa shape index (κ2) is 6.27. The Hall–Kier alpha value is -0.730. The molecule has 0 spiro atoms. The van der Waals surface area contributed by atoms with Crippen LogP contribution in [-0.4, -0.2) is 17.0 Å². The van der Waals surface area contributed by atoms with Crippen LogP contribution in [-0.2, 0) is 0 Å². The largest absolute Gasteiger partial charge is 0.388 e.